The molecule has 0 aliphatic rings. The van der Waals surface area contributed by atoms with Gasteiger partial charge >= 0.3 is 6.18 Å². The zero-order valence-electron chi connectivity index (χ0n) is 11.1. The van der Waals surface area contributed by atoms with Crippen LogP contribution in [0.4, 0.5) is 13.2 Å². The number of halogens is 5. The Balaban J connectivity index is 3.19. The second-order valence-corrected chi connectivity index (χ2v) is 8.06. The first-order valence-electron chi connectivity index (χ1n) is 6.10. The highest BCUT2D eigenvalue weighted by atomic mass is 79.9. The molecular formula is C12H14Br2F3NO2S. The zero-order valence-corrected chi connectivity index (χ0v) is 15.1. The molecule has 0 bridgehead atoms. The first-order chi connectivity index (χ1) is 9.58. The lowest BCUT2D eigenvalue weighted by Crippen LogP contribution is -2.39. The van der Waals surface area contributed by atoms with Gasteiger partial charge in [0, 0.05) is 15.5 Å². The van der Waals surface area contributed by atoms with E-state index in [1.54, 1.807) is 6.92 Å². The van der Waals surface area contributed by atoms with Gasteiger partial charge in [-0.3, -0.25) is 0 Å². The lowest BCUT2D eigenvalue weighted by molar-refractivity contribution is -0.136. The smallest absolute Gasteiger partial charge is 0.207 e. The highest BCUT2D eigenvalue weighted by Gasteiger charge is 2.37. The van der Waals surface area contributed by atoms with Crippen LogP contribution in [0.1, 0.15) is 19.8 Å². The fourth-order valence-electron chi connectivity index (χ4n) is 1.64. The summed E-state index contributed by atoms with van der Waals surface area (Å²) in [6, 6.07) is 4.24. The van der Waals surface area contributed by atoms with Gasteiger partial charge in [-0.25, -0.2) is 8.42 Å². The maximum Gasteiger partial charge on any atom is 0.402 e. The fourth-order valence-corrected chi connectivity index (χ4v) is 4.81. The molecule has 21 heavy (non-hydrogen) atoms. The predicted octanol–water partition coefficient (Wildman–Crippen LogP) is 4.56. The molecule has 0 heterocycles. The highest BCUT2D eigenvalue weighted by molar-refractivity contribution is 9.11. The predicted molar refractivity (Wildman–Crippen MR) is 81.6 cm³/mol. The number of benzene rings is 1. The summed E-state index contributed by atoms with van der Waals surface area (Å²) in [5.74, 6) is 0. The van der Waals surface area contributed by atoms with E-state index in [2.05, 4.69) is 31.9 Å². The van der Waals surface area contributed by atoms with Crippen LogP contribution in [0.5, 0.6) is 0 Å². The van der Waals surface area contributed by atoms with E-state index < -0.39 is 22.7 Å². The van der Waals surface area contributed by atoms with Crippen molar-refractivity contribution in [1.82, 2.24) is 4.31 Å². The third-order valence-electron chi connectivity index (χ3n) is 2.63. The van der Waals surface area contributed by atoms with Crippen LogP contribution >= 0.6 is 31.9 Å². The quantitative estimate of drug-likeness (QED) is 0.634. The van der Waals surface area contributed by atoms with Crippen LogP contribution in [0.2, 0.25) is 0 Å². The molecule has 0 amide bonds. The van der Waals surface area contributed by atoms with Gasteiger partial charge in [-0.15, -0.1) is 0 Å². The van der Waals surface area contributed by atoms with E-state index in [9.17, 15) is 21.6 Å². The summed E-state index contributed by atoms with van der Waals surface area (Å²) < 4.78 is 64.0. The molecule has 0 unspecified atom stereocenters. The molecule has 0 saturated heterocycles. The molecule has 0 aliphatic heterocycles. The maximum absolute atomic E-state index is 12.6. The Kier molecular flexibility index (Phi) is 6.70. The molecule has 0 aliphatic carbocycles. The molecule has 1 aromatic rings. The Labute approximate surface area is 138 Å². The van der Waals surface area contributed by atoms with E-state index in [-0.39, 0.29) is 15.9 Å². The average Bonchev–Trinajstić information content (AvgIpc) is 2.32. The molecule has 0 atom stereocenters. The van der Waals surface area contributed by atoms with Crippen LogP contribution in [0.3, 0.4) is 0 Å². The number of rotatable bonds is 6. The molecule has 0 aromatic heterocycles. The average molecular weight is 453 g/mol. The molecule has 0 spiro atoms. The third kappa shape index (κ3) is 5.54. The number of nitrogens with zero attached hydrogens (tertiary/aromatic N) is 1. The molecule has 9 heteroatoms. The molecule has 1 aromatic carbocycles. The summed E-state index contributed by atoms with van der Waals surface area (Å²) in [6.45, 7) is 0.132. The summed E-state index contributed by atoms with van der Waals surface area (Å²) in [4.78, 5) is -0.175. The minimum absolute atomic E-state index is 0.166. The van der Waals surface area contributed by atoms with Crippen molar-refractivity contribution in [3.05, 3.63) is 27.1 Å². The van der Waals surface area contributed by atoms with Crippen LogP contribution in [-0.4, -0.2) is 32.0 Å². The number of unbranched alkanes of at least 4 members (excludes halogenated alkanes) is 1. The SMILES string of the molecule is CCCCN(CC(F)(F)F)S(=O)(=O)c1ccc(Br)cc1Br. The first kappa shape index (κ1) is 18.9. The lowest BCUT2D eigenvalue weighted by atomic mass is 10.3. The van der Waals surface area contributed by atoms with Gasteiger partial charge in [0.2, 0.25) is 10.0 Å². The van der Waals surface area contributed by atoms with Crippen molar-refractivity contribution in [2.24, 2.45) is 0 Å². The van der Waals surface area contributed by atoms with E-state index in [1.807, 2.05) is 0 Å². The summed E-state index contributed by atoms with van der Waals surface area (Å²) in [5, 5.41) is 0. The first-order valence-corrected chi connectivity index (χ1v) is 9.12. The van der Waals surface area contributed by atoms with E-state index >= 15 is 0 Å². The van der Waals surface area contributed by atoms with E-state index in [1.165, 1.54) is 18.2 Å². The standard InChI is InChI=1S/C12H14Br2F3NO2S/c1-2-3-6-18(8-12(15,16)17)21(19,20)11-5-4-9(13)7-10(11)14/h4-5,7H,2-3,6,8H2,1H3. The number of hydrogen-bond acceptors (Lipinski definition) is 2. The Morgan fingerprint density at radius 2 is 1.86 bits per heavy atom. The molecule has 120 valence electrons. The topological polar surface area (TPSA) is 37.4 Å². The molecule has 0 fully saturated rings. The van der Waals surface area contributed by atoms with Crippen molar-refractivity contribution in [3.63, 3.8) is 0 Å². The Morgan fingerprint density at radius 3 is 2.33 bits per heavy atom. The number of sulfonamides is 1. The summed E-state index contributed by atoms with van der Waals surface area (Å²) >= 11 is 6.25. The van der Waals surface area contributed by atoms with Gasteiger partial charge in [-0.1, -0.05) is 29.3 Å². The summed E-state index contributed by atoms with van der Waals surface area (Å²) in [6.07, 6.45) is -3.61. The second-order valence-electron chi connectivity index (χ2n) is 4.38. The van der Waals surface area contributed by atoms with Crippen LogP contribution in [0.25, 0.3) is 0 Å². The van der Waals surface area contributed by atoms with Gasteiger partial charge in [0.05, 0.1) is 4.90 Å². The van der Waals surface area contributed by atoms with E-state index in [0.717, 1.165) is 0 Å². The third-order valence-corrected chi connectivity index (χ3v) is 5.94. The lowest BCUT2D eigenvalue weighted by Gasteiger charge is -2.23. The van der Waals surface area contributed by atoms with Crippen LogP contribution in [0, 0.1) is 0 Å². The highest BCUT2D eigenvalue weighted by Crippen LogP contribution is 2.30. The Bertz CT molecular complexity index is 591. The zero-order chi connectivity index (χ0) is 16.3. The van der Waals surface area contributed by atoms with Gasteiger partial charge < -0.3 is 0 Å². The van der Waals surface area contributed by atoms with E-state index in [0.29, 0.717) is 21.6 Å². The molecule has 0 saturated carbocycles. The fraction of sp³-hybridized carbons (Fsp3) is 0.500. The van der Waals surface area contributed by atoms with Gasteiger partial charge in [0.1, 0.15) is 6.54 Å². The molecule has 3 nitrogen and oxygen atoms in total. The van der Waals surface area contributed by atoms with Crippen molar-refractivity contribution in [2.45, 2.75) is 30.8 Å². The van der Waals surface area contributed by atoms with Crippen LogP contribution in [-0.2, 0) is 10.0 Å². The van der Waals surface area contributed by atoms with Crippen molar-refractivity contribution < 1.29 is 21.6 Å². The second kappa shape index (κ2) is 7.43. The molecular weight excluding hydrogens is 439 g/mol. The van der Waals surface area contributed by atoms with Crippen LogP contribution < -0.4 is 0 Å². The molecule has 0 radical (unpaired) electrons. The van der Waals surface area contributed by atoms with Gasteiger partial charge in [-0.05, 0) is 40.5 Å². The number of alkyl halides is 3. The van der Waals surface area contributed by atoms with Crippen molar-refractivity contribution in [1.29, 1.82) is 0 Å². The largest absolute Gasteiger partial charge is 0.402 e. The van der Waals surface area contributed by atoms with Gasteiger partial charge in [0.25, 0.3) is 0 Å². The van der Waals surface area contributed by atoms with Crippen LogP contribution in [0.15, 0.2) is 32.0 Å². The summed E-state index contributed by atoms with van der Waals surface area (Å²) in [5.41, 5.74) is 0. The van der Waals surface area contributed by atoms with Crippen molar-refractivity contribution >= 4 is 41.9 Å². The summed E-state index contributed by atoms with van der Waals surface area (Å²) in [7, 11) is -4.21. The van der Waals surface area contributed by atoms with E-state index in [4.69, 9.17) is 0 Å². The number of hydrogen-bond donors (Lipinski definition) is 0. The normalized spacial score (nSPS) is 12.9. The molecule has 1 rings (SSSR count). The Morgan fingerprint density at radius 1 is 1.24 bits per heavy atom. The van der Waals surface area contributed by atoms with Crippen molar-refractivity contribution in [3.8, 4) is 0 Å². The molecule has 0 N–H and O–H groups in total. The minimum atomic E-state index is -4.58. The Hall–Kier alpha value is -0.120. The van der Waals surface area contributed by atoms with Gasteiger partial charge in [-0.2, -0.15) is 17.5 Å². The maximum atomic E-state index is 12.6. The van der Waals surface area contributed by atoms with Gasteiger partial charge in [0.15, 0.2) is 0 Å². The monoisotopic (exact) mass is 451 g/mol. The minimum Gasteiger partial charge on any atom is -0.207 e. The van der Waals surface area contributed by atoms with Crippen molar-refractivity contribution in [2.75, 3.05) is 13.1 Å².